The molecular formula is C26H23ClN2O2S. The highest BCUT2D eigenvalue weighted by atomic mass is 35.5. The van der Waals surface area contributed by atoms with Crippen molar-refractivity contribution in [1.82, 2.24) is 0 Å². The van der Waals surface area contributed by atoms with E-state index in [-0.39, 0.29) is 17.5 Å². The van der Waals surface area contributed by atoms with E-state index in [9.17, 15) is 9.59 Å². The molecule has 0 aliphatic carbocycles. The Labute approximate surface area is 197 Å². The van der Waals surface area contributed by atoms with Crippen LogP contribution in [0.1, 0.15) is 22.3 Å². The highest BCUT2D eigenvalue weighted by molar-refractivity contribution is 8.04. The standard InChI is InChI=1S/C26H23ClN2O2S/c1-15-5-10-22(18(4)12-15)29-25(30)23(28-20-13-16(2)11-17(3)14-20)24(26(29)31)32-21-8-6-19(27)7-9-21/h5-14,28H,1-4H3. The van der Waals surface area contributed by atoms with Crippen molar-refractivity contribution in [2.75, 3.05) is 10.2 Å². The first-order chi connectivity index (χ1) is 15.2. The topological polar surface area (TPSA) is 49.4 Å². The molecular weight excluding hydrogens is 440 g/mol. The van der Waals surface area contributed by atoms with E-state index in [0.717, 1.165) is 32.8 Å². The van der Waals surface area contributed by atoms with Gasteiger partial charge in [0.15, 0.2) is 0 Å². The van der Waals surface area contributed by atoms with E-state index in [1.54, 1.807) is 12.1 Å². The Morgan fingerprint density at radius 1 is 0.781 bits per heavy atom. The zero-order valence-electron chi connectivity index (χ0n) is 18.3. The predicted octanol–water partition coefficient (Wildman–Crippen LogP) is 6.56. The van der Waals surface area contributed by atoms with Crippen LogP contribution in [-0.4, -0.2) is 11.8 Å². The first-order valence-electron chi connectivity index (χ1n) is 10.2. The number of benzene rings is 3. The average molecular weight is 463 g/mol. The summed E-state index contributed by atoms with van der Waals surface area (Å²) < 4.78 is 0. The van der Waals surface area contributed by atoms with E-state index in [0.29, 0.717) is 15.6 Å². The number of anilines is 2. The molecule has 1 heterocycles. The lowest BCUT2D eigenvalue weighted by Gasteiger charge is -2.18. The van der Waals surface area contributed by atoms with Crippen molar-refractivity contribution >= 4 is 46.6 Å². The van der Waals surface area contributed by atoms with Gasteiger partial charge in [-0.15, -0.1) is 0 Å². The number of amides is 2. The van der Waals surface area contributed by atoms with E-state index in [1.807, 2.05) is 70.2 Å². The maximum Gasteiger partial charge on any atom is 0.283 e. The molecule has 32 heavy (non-hydrogen) atoms. The van der Waals surface area contributed by atoms with Crippen LogP contribution >= 0.6 is 23.4 Å². The number of halogens is 1. The fraction of sp³-hybridized carbons (Fsp3) is 0.154. The molecule has 3 aromatic carbocycles. The van der Waals surface area contributed by atoms with E-state index in [1.165, 1.54) is 16.7 Å². The van der Waals surface area contributed by atoms with E-state index in [2.05, 4.69) is 11.4 Å². The summed E-state index contributed by atoms with van der Waals surface area (Å²) in [5, 5.41) is 3.85. The zero-order chi connectivity index (χ0) is 23.0. The van der Waals surface area contributed by atoms with E-state index < -0.39 is 0 Å². The average Bonchev–Trinajstić information content (AvgIpc) is 2.93. The lowest BCUT2D eigenvalue weighted by molar-refractivity contribution is -0.120. The van der Waals surface area contributed by atoms with Gasteiger partial charge < -0.3 is 5.32 Å². The predicted molar refractivity (Wildman–Crippen MR) is 132 cm³/mol. The van der Waals surface area contributed by atoms with Gasteiger partial charge >= 0.3 is 0 Å². The number of rotatable bonds is 5. The Morgan fingerprint density at radius 2 is 1.44 bits per heavy atom. The minimum atomic E-state index is -0.363. The number of nitrogens with zero attached hydrogens (tertiary/aromatic N) is 1. The summed E-state index contributed by atoms with van der Waals surface area (Å²) in [7, 11) is 0. The van der Waals surface area contributed by atoms with Gasteiger partial charge in [-0.2, -0.15) is 0 Å². The van der Waals surface area contributed by atoms with Crippen molar-refractivity contribution in [3.63, 3.8) is 0 Å². The molecule has 0 spiro atoms. The molecule has 0 unspecified atom stereocenters. The minimum Gasteiger partial charge on any atom is -0.350 e. The van der Waals surface area contributed by atoms with Crippen LogP contribution in [0.15, 0.2) is 76.2 Å². The number of hydrogen-bond donors (Lipinski definition) is 1. The molecule has 0 radical (unpaired) electrons. The highest BCUT2D eigenvalue weighted by Gasteiger charge is 2.40. The largest absolute Gasteiger partial charge is 0.350 e. The number of nitrogens with one attached hydrogen (secondary N) is 1. The van der Waals surface area contributed by atoms with Crippen LogP contribution in [0.5, 0.6) is 0 Å². The summed E-state index contributed by atoms with van der Waals surface area (Å²) in [6, 6.07) is 18.9. The molecule has 1 N–H and O–H groups in total. The van der Waals surface area contributed by atoms with Crippen LogP contribution in [0.25, 0.3) is 0 Å². The normalized spacial score (nSPS) is 13.8. The molecule has 4 nitrogen and oxygen atoms in total. The first kappa shape index (κ1) is 22.2. The Kier molecular flexibility index (Phi) is 6.13. The molecule has 0 fully saturated rings. The van der Waals surface area contributed by atoms with Gasteiger partial charge in [-0.25, -0.2) is 4.90 Å². The first-order valence-corrected chi connectivity index (χ1v) is 11.4. The summed E-state index contributed by atoms with van der Waals surface area (Å²) in [5.41, 5.74) is 5.73. The minimum absolute atomic E-state index is 0.278. The summed E-state index contributed by atoms with van der Waals surface area (Å²) in [6.07, 6.45) is 0. The molecule has 0 atom stereocenters. The molecule has 2 amide bonds. The van der Waals surface area contributed by atoms with Crippen LogP contribution in [0.2, 0.25) is 5.02 Å². The van der Waals surface area contributed by atoms with E-state index in [4.69, 9.17) is 11.6 Å². The van der Waals surface area contributed by atoms with Gasteiger partial charge in [-0.1, -0.05) is 47.1 Å². The van der Waals surface area contributed by atoms with Gasteiger partial charge in [-0.3, -0.25) is 9.59 Å². The van der Waals surface area contributed by atoms with Crippen molar-refractivity contribution in [2.24, 2.45) is 0 Å². The van der Waals surface area contributed by atoms with Crippen molar-refractivity contribution in [3.8, 4) is 0 Å². The van der Waals surface area contributed by atoms with Crippen molar-refractivity contribution < 1.29 is 9.59 Å². The van der Waals surface area contributed by atoms with Crippen molar-refractivity contribution in [2.45, 2.75) is 32.6 Å². The molecule has 3 aromatic rings. The monoisotopic (exact) mass is 462 g/mol. The summed E-state index contributed by atoms with van der Waals surface area (Å²) >= 11 is 7.28. The quantitative estimate of drug-likeness (QED) is 0.436. The fourth-order valence-corrected chi connectivity index (χ4v) is 4.85. The molecule has 162 valence electrons. The zero-order valence-corrected chi connectivity index (χ0v) is 19.9. The van der Waals surface area contributed by atoms with Crippen LogP contribution in [0.4, 0.5) is 11.4 Å². The summed E-state index contributed by atoms with van der Waals surface area (Å²) in [4.78, 5) is 29.5. The van der Waals surface area contributed by atoms with Gasteiger partial charge in [0.1, 0.15) is 10.6 Å². The molecule has 4 rings (SSSR count). The molecule has 0 bridgehead atoms. The third-order valence-corrected chi connectivity index (χ3v) is 6.50. The van der Waals surface area contributed by atoms with Gasteiger partial charge in [0.05, 0.1) is 5.69 Å². The Bertz CT molecular complexity index is 1250. The molecule has 0 saturated carbocycles. The molecule has 1 aliphatic rings. The molecule has 0 saturated heterocycles. The number of thioether (sulfide) groups is 1. The van der Waals surface area contributed by atoms with Gasteiger partial charge in [0.2, 0.25) is 0 Å². The van der Waals surface area contributed by atoms with Gasteiger partial charge in [0.25, 0.3) is 11.8 Å². The Hall–Kier alpha value is -3.02. The number of hydrogen-bond acceptors (Lipinski definition) is 4. The number of carbonyl (C=O) groups excluding carboxylic acids is 2. The maximum absolute atomic E-state index is 13.5. The van der Waals surface area contributed by atoms with Crippen LogP contribution in [0.3, 0.4) is 0 Å². The highest BCUT2D eigenvalue weighted by Crippen LogP contribution is 2.39. The smallest absolute Gasteiger partial charge is 0.283 e. The molecule has 1 aliphatic heterocycles. The van der Waals surface area contributed by atoms with Crippen LogP contribution < -0.4 is 10.2 Å². The maximum atomic E-state index is 13.5. The SMILES string of the molecule is Cc1cc(C)cc(NC2=C(Sc3ccc(Cl)cc3)C(=O)N(c3ccc(C)cc3C)C2=O)c1. The lowest BCUT2D eigenvalue weighted by atomic mass is 10.1. The number of carbonyl (C=O) groups is 2. The second-order valence-electron chi connectivity index (χ2n) is 8.00. The van der Waals surface area contributed by atoms with E-state index >= 15 is 0 Å². The third-order valence-electron chi connectivity index (χ3n) is 5.16. The lowest BCUT2D eigenvalue weighted by Crippen LogP contribution is -2.33. The summed E-state index contributed by atoms with van der Waals surface area (Å²) in [5.74, 6) is -0.702. The van der Waals surface area contributed by atoms with Crippen LogP contribution in [-0.2, 0) is 9.59 Å². The Morgan fingerprint density at radius 3 is 2.06 bits per heavy atom. The molecule has 0 aromatic heterocycles. The second kappa shape index (κ2) is 8.85. The van der Waals surface area contributed by atoms with Gasteiger partial charge in [0, 0.05) is 15.6 Å². The summed E-state index contributed by atoms with van der Waals surface area (Å²) in [6.45, 7) is 7.89. The van der Waals surface area contributed by atoms with Crippen LogP contribution in [0, 0.1) is 27.7 Å². The number of aryl methyl sites for hydroxylation is 4. The Balaban J connectivity index is 1.78. The molecule has 6 heteroatoms. The van der Waals surface area contributed by atoms with Gasteiger partial charge in [-0.05, 0) is 86.8 Å². The third kappa shape index (κ3) is 4.45. The van der Waals surface area contributed by atoms with Crippen molar-refractivity contribution in [3.05, 3.63) is 98.5 Å². The van der Waals surface area contributed by atoms with Crippen molar-refractivity contribution in [1.29, 1.82) is 0 Å². The number of imide groups is 1. The fourth-order valence-electron chi connectivity index (χ4n) is 3.80. The second-order valence-corrected chi connectivity index (χ2v) is 9.52.